The highest BCUT2D eigenvalue weighted by Crippen LogP contribution is 2.35. The fraction of sp³-hybridized carbons (Fsp3) is 0.929. The smallest absolute Gasteiger partial charge is 0.118 e. The summed E-state index contributed by atoms with van der Waals surface area (Å²) in [5.41, 5.74) is -0.252. The molecule has 2 nitrogen and oxygen atoms in total. The summed E-state index contributed by atoms with van der Waals surface area (Å²) in [7, 11) is 0. The fourth-order valence-corrected chi connectivity index (χ4v) is 4.30. The van der Waals surface area contributed by atoms with E-state index in [0.29, 0.717) is 11.3 Å². The molecular weight excluding hydrogens is 228 g/mol. The first-order valence-corrected chi connectivity index (χ1v) is 8.12. The molecule has 0 aromatic carbocycles. The number of nitriles is 1. The lowest BCUT2D eigenvalue weighted by Crippen LogP contribution is -2.56. The van der Waals surface area contributed by atoms with Crippen molar-refractivity contribution in [2.75, 3.05) is 5.75 Å². The number of hydrogen-bond acceptors (Lipinski definition) is 3. The van der Waals surface area contributed by atoms with E-state index in [2.05, 4.69) is 18.3 Å². The molecule has 17 heavy (non-hydrogen) atoms. The molecular formula is C14H24N2S. The Labute approximate surface area is 110 Å². The first-order valence-electron chi connectivity index (χ1n) is 7.07. The Kier molecular flexibility index (Phi) is 4.76. The van der Waals surface area contributed by atoms with Gasteiger partial charge in [0.2, 0.25) is 0 Å². The third-order valence-corrected chi connectivity index (χ3v) is 5.72. The second-order valence-electron chi connectivity index (χ2n) is 5.53. The molecule has 2 unspecified atom stereocenters. The van der Waals surface area contributed by atoms with Crippen molar-refractivity contribution in [3.05, 3.63) is 0 Å². The van der Waals surface area contributed by atoms with Gasteiger partial charge in [-0.2, -0.15) is 17.0 Å². The Morgan fingerprint density at radius 3 is 2.47 bits per heavy atom. The van der Waals surface area contributed by atoms with Crippen LogP contribution in [0.25, 0.3) is 0 Å². The summed E-state index contributed by atoms with van der Waals surface area (Å²) in [6.45, 7) is 2.22. The van der Waals surface area contributed by atoms with Crippen LogP contribution in [0.1, 0.15) is 58.3 Å². The zero-order valence-electron chi connectivity index (χ0n) is 10.9. The van der Waals surface area contributed by atoms with Crippen LogP contribution in [-0.4, -0.2) is 22.6 Å². The normalized spacial score (nSPS) is 36.1. The second kappa shape index (κ2) is 6.11. The summed E-state index contributed by atoms with van der Waals surface area (Å²) in [6.07, 6.45) is 10.2. The van der Waals surface area contributed by atoms with Gasteiger partial charge in [-0.25, -0.2) is 0 Å². The molecule has 3 heteroatoms. The summed E-state index contributed by atoms with van der Waals surface area (Å²) in [5, 5.41) is 13.8. The van der Waals surface area contributed by atoms with Gasteiger partial charge in [-0.05, 0) is 31.4 Å². The average molecular weight is 252 g/mol. The summed E-state index contributed by atoms with van der Waals surface area (Å²) in [5.74, 6) is 1.22. The molecule has 0 spiro atoms. The largest absolute Gasteiger partial charge is 0.296 e. The standard InChI is InChI=1S/C14H24N2S/c1-12-14(11-15,9-6-10-17-12)16-13-7-4-2-3-5-8-13/h12-13,16H,2-10H2,1H3. The molecule has 1 aliphatic carbocycles. The van der Waals surface area contributed by atoms with E-state index in [1.807, 2.05) is 11.8 Å². The van der Waals surface area contributed by atoms with E-state index in [1.54, 1.807) is 0 Å². The van der Waals surface area contributed by atoms with Crippen LogP contribution in [0.5, 0.6) is 0 Å². The lowest BCUT2D eigenvalue weighted by molar-refractivity contribution is 0.305. The van der Waals surface area contributed by atoms with Gasteiger partial charge in [-0.1, -0.05) is 32.6 Å². The van der Waals surface area contributed by atoms with Crippen molar-refractivity contribution in [1.29, 1.82) is 5.26 Å². The maximum Gasteiger partial charge on any atom is 0.118 e. The van der Waals surface area contributed by atoms with Crippen LogP contribution >= 0.6 is 11.8 Å². The Bertz CT molecular complexity index is 278. The minimum atomic E-state index is -0.252. The molecule has 2 fully saturated rings. The molecule has 1 N–H and O–H groups in total. The minimum absolute atomic E-state index is 0.252. The fourth-order valence-electron chi connectivity index (χ4n) is 3.11. The van der Waals surface area contributed by atoms with E-state index in [4.69, 9.17) is 0 Å². The number of hydrogen-bond donors (Lipinski definition) is 1. The van der Waals surface area contributed by atoms with Crippen molar-refractivity contribution in [2.45, 2.75) is 75.1 Å². The van der Waals surface area contributed by atoms with Crippen molar-refractivity contribution in [2.24, 2.45) is 0 Å². The number of nitrogens with one attached hydrogen (secondary N) is 1. The first-order chi connectivity index (χ1) is 8.27. The third-order valence-electron chi connectivity index (χ3n) is 4.29. The third kappa shape index (κ3) is 3.17. The van der Waals surface area contributed by atoms with Crippen LogP contribution in [0.2, 0.25) is 0 Å². The molecule has 0 bridgehead atoms. The van der Waals surface area contributed by atoms with E-state index in [0.717, 1.165) is 6.42 Å². The van der Waals surface area contributed by atoms with E-state index >= 15 is 0 Å². The van der Waals surface area contributed by atoms with E-state index in [1.165, 1.54) is 50.7 Å². The monoisotopic (exact) mass is 252 g/mol. The Morgan fingerprint density at radius 1 is 1.18 bits per heavy atom. The van der Waals surface area contributed by atoms with Gasteiger partial charge in [0.15, 0.2) is 0 Å². The highest BCUT2D eigenvalue weighted by Gasteiger charge is 2.40. The van der Waals surface area contributed by atoms with Gasteiger partial charge >= 0.3 is 0 Å². The van der Waals surface area contributed by atoms with Crippen molar-refractivity contribution in [1.82, 2.24) is 5.32 Å². The molecule has 1 saturated carbocycles. The highest BCUT2D eigenvalue weighted by molar-refractivity contribution is 8.00. The maximum atomic E-state index is 9.59. The molecule has 2 aliphatic rings. The molecule has 0 aromatic heterocycles. The van der Waals surface area contributed by atoms with Crippen LogP contribution in [0, 0.1) is 11.3 Å². The van der Waals surface area contributed by atoms with Crippen LogP contribution in [0.15, 0.2) is 0 Å². The molecule has 0 radical (unpaired) electrons. The van der Waals surface area contributed by atoms with Crippen LogP contribution in [-0.2, 0) is 0 Å². The molecule has 1 heterocycles. The van der Waals surface area contributed by atoms with E-state index in [-0.39, 0.29) is 5.54 Å². The molecule has 0 amide bonds. The minimum Gasteiger partial charge on any atom is -0.296 e. The summed E-state index contributed by atoms with van der Waals surface area (Å²) >= 11 is 1.96. The van der Waals surface area contributed by atoms with Crippen molar-refractivity contribution >= 4 is 11.8 Å². The van der Waals surface area contributed by atoms with Gasteiger partial charge in [0.25, 0.3) is 0 Å². The van der Waals surface area contributed by atoms with E-state index < -0.39 is 0 Å². The molecule has 2 rings (SSSR count). The summed E-state index contributed by atoms with van der Waals surface area (Å²) < 4.78 is 0. The highest BCUT2D eigenvalue weighted by atomic mass is 32.2. The van der Waals surface area contributed by atoms with Crippen molar-refractivity contribution in [3.8, 4) is 6.07 Å². The number of thioether (sulfide) groups is 1. The zero-order valence-corrected chi connectivity index (χ0v) is 11.7. The first kappa shape index (κ1) is 13.2. The van der Waals surface area contributed by atoms with Gasteiger partial charge in [-0.3, -0.25) is 5.32 Å². The predicted molar refractivity (Wildman–Crippen MR) is 74.1 cm³/mol. The van der Waals surface area contributed by atoms with Gasteiger partial charge < -0.3 is 0 Å². The molecule has 2 atom stereocenters. The quantitative estimate of drug-likeness (QED) is 0.764. The van der Waals surface area contributed by atoms with Gasteiger partial charge in [-0.15, -0.1) is 0 Å². The lowest BCUT2D eigenvalue weighted by Gasteiger charge is -2.40. The molecule has 96 valence electrons. The van der Waals surface area contributed by atoms with Crippen molar-refractivity contribution in [3.63, 3.8) is 0 Å². The Balaban J connectivity index is 2.00. The van der Waals surface area contributed by atoms with Gasteiger partial charge in [0.05, 0.1) is 6.07 Å². The lowest BCUT2D eigenvalue weighted by atomic mass is 9.89. The summed E-state index contributed by atoms with van der Waals surface area (Å²) in [4.78, 5) is 0. The van der Waals surface area contributed by atoms with Crippen LogP contribution < -0.4 is 5.32 Å². The van der Waals surface area contributed by atoms with E-state index in [9.17, 15) is 5.26 Å². The van der Waals surface area contributed by atoms with Gasteiger partial charge in [0.1, 0.15) is 5.54 Å². The van der Waals surface area contributed by atoms with Crippen LogP contribution in [0.4, 0.5) is 0 Å². The Hall–Kier alpha value is -0.200. The predicted octanol–water partition coefficient (Wildman–Crippen LogP) is 3.48. The van der Waals surface area contributed by atoms with Gasteiger partial charge in [0, 0.05) is 11.3 Å². The number of nitrogens with zero attached hydrogens (tertiary/aromatic N) is 1. The Morgan fingerprint density at radius 2 is 1.88 bits per heavy atom. The maximum absolute atomic E-state index is 9.59. The topological polar surface area (TPSA) is 35.8 Å². The summed E-state index contributed by atoms with van der Waals surface area (Å²) in [6, 6.07) is 3.18. The second-order valence-corrected chi connectivity index (χ2v) is 6.98. The van der Waals surface area contributed by atoms with Crippen LogP contribution in [0.3, 0.4) is 0 Å². The molecule has 0 aromatic rings. The van der Waals surface area contributed by atoms with Crippen molar-refractivity contribution < 1.29 is 0 Å². The molecule has 1 saturated heterocycles. The average Bonchev–Trinajstić information content (AvgIpc) is 2.61. The zero-order chi connectivity index (χ0) is 12.1. The number of rotatable bonds is 2. The SMILES string of the molecule is CC1SCCCC1(C#N)NC1CCCCCC1. The molecule has 1 aliphatic heterocycles.